The van der Waals surface area contributed by atoms with Crippen LogP contribution in [-0.4, -0.2) is 0 Å². The number of anilines is 6. The second kappa shape index (κ2) is 13.8. The van der Waals surface area contributed by atoms with Crippen LogP contribution in [0.25, 0.3) is 43.8 Å². The lowest BCUT2D eigenvalue weighted by Gasteiger charge is -2.27. The predicted octanol–water partition coefficient (Wildman–Crippen LogP) is 14.3. The molecular weight excluding hydrogens is 629 g/mol. The van der Waals surface area contributed by atoms with Crippen molar-refractivity contribution in [3.8, 4) is 22.3 Å². The van der Waals surface area contributed by atoms with Crippen LogP contribution in [0.3, 0.4) is 0 Å². The van der Waals surface area contributed by atoms with E-state index in [9.17, 15) is 0 Å². The molecule has 0 atom stereocenters. The minimum Gasteiger partial charge on any atom is -0.310 e. The molecule has 9 aromatic carbocycles. The lowest BCUT2D eigenvalue weighted by Crippen LogP contribution is -2.10. The molecule has 0 aliphatic carbocycles. The summed E-state index contributed by atoms with van der Waals surface area (Å²) in [6, 6.07) is 78.2. The molecule has 0 aliphatic heterocycles. The maximum Gasteiger partial charge on any atom is 0.0468 e. The molecule has 0 spiro atoms. The lowest BCUT2D eigenvalue weighted by molar-refractivity contribution is 1.29. The second-order valence-electron chi connectivity index (χ2n) is 13.0. The predicted molar refractivity (Wildman–Crippen MR) is 222 cm³/mol. The summed E-state index contributed by atoms with van der Waals surface area (Å²) in [6.07, 6.45) is 0. The topological polar surface area (TPSA) is 6.48 Å². The maximum absolute atomic E-state index is 2.34. The highest BCUT2D eigenvalue weighted by Crippen LogP contribution is 2.41. The molecule has 0 N–H and O–H groups in total. The van der Waals surface area contributed by atoms with Gasteiger partial charge in [-0.05, 0) is 117 Å². The van der Waals surface area contributed by atoms with Gasteiger partial charge in [0.2, 0.25) is 0 Å². The molecule has 2 heteroatoms. The van der Waals surface area contributed by atoms with Crippen LogP contribution in [0.4, 0.5) is 34.1 Å². The van der Waals surface area contributed by atoms with E-state index < -0.39 is 0 Å². The van der Waals surface area contributed by atoms with Gasteiger partial charge in [-0.1, -0.05) is 146 Å². The first-order valence-electron chi connectivity index (χ1n) is 17.8. The van der Waals surface area contributed by atoms with Gasteiger partial charge in [0.25, 0.3) is 0 Å². The zero-order valence-corrected chi connectivity index (χ0v) is 28.7. The standard InChI is InChI=1S/C50H36N2/c1-5-13-37(14-6-1)39-23-27-45(28-24-39)51(43-17-9-3-10-18-43)47-31-33-49-41(35-47)21-22-42-36-48(32-34-50(42)49)52(44-19-11-4-12-20-44)46-29-25-40(26-30-46)38-15-7-2-8-16-38/h1-36H. The van der Waals surface area contributed by atoms with E-state index in [1.54, 1.807) is 0 Å². The first kappa shape index (κ1) is 31.1. The highest BCUT2D eigenvalue weighted by atomic mass is 15.1. The van der Waals surface area contributed by atoms with Crippen molar-refractivity contribution in [1.29, 1.82) is 0 Å². The zero-order valence-electron chi connectivity index (χ0n) is 28.7. The molecule has 0 radical (unpaired) electrons. The van der Waals surface area contributed by atoms with Gasteiger partial charge < -0.3 is 9.80 Å². The van der Waals surface area contributed by atoms with E-state index in [-0.39, 0.29) is 0 Å². The summed E-state index contributed by atoms with van der Waals surface area (Å²) in [7, 11) is 0. The van der Waals surface area contributed by atoms with Crippen LogP contribution in [0.2, 0.25) is 0 Å². The van der Waals surface area contributed by atoms with Crippen molar-refractivity contribution in [3.63, 3.8) is 0 Å². The van der Waals surface area contributed by atoms with Crippen molar-refractivity contribution in [2.75, 3.05) is 9.80 Å². The van der Waals surface area contributed by atoms with Gasteiger partial charge in [0, 0.05) is 34.1 Å². The van der Waals surface area contributed by atoms with Gasteiger partial charge in [0.15, 0.2) is 0 Å². The van der Waals surface area contributed by atoms with E-state index in [1.807, 2.05) is 0 Å². The average Bonchev–Trinajstić information content (AvgIpc) is 3.23. The Bertz CT molecular complexity index is 2400. The van der Waals surface area contributed by atoms with Crippen molar-refractivity contribution in [1.82, 2.24) is 0 Å². The number of hydrogen-bond acceptors (Lipinski definition) is 2. The maximum atomic E-state index is 2.34. The Balaban J connectivity index is 1.09. The van der Waals surface area contributed by atoms with E-state index in [0.717, 1.165) is 34.1 Å². The number of nitrogens with zero attached hydrogens (tertiary/aromatic N) is 2. The summed E-state index contributed by atoms with van der Waals surface area (Å²) in [5, 5.41) is 4.88. The van der Waals surface area contributed by atoms with Gasteiger partial charge in [-0.15, -0.1) is 0 Å². The molecule has 0 bridgehead atoms. The molecule has 0 amide bonds. The lowest BCUT2D eigenvalue weighted by atomic mass is 9.99. The van der Waals surface area contributed by atoms with Gasteiger partial charge in [0.05, 0.1) is 0 Å². The number of para-hydroxylation sites is 2. The third-order valence-electron chi connectivity index (χ3n) is 9.81. The van der Waals surface area contributed by atoms with Gasteiger partial charge >= 0.3 is 0 Å². The zero-order chi connectivity index (χ0) is 34.7. The Morgan fingerprint density at radius 3 is 0.865 bits per heavy atom. The smallest absolute Gasteiger partial charge is 0.0468 e. The van der Waals surface area contributed by atoms with Crippen LogP contribution in [0, 0.1) is 0 Å². The van der Waals surface area contributed by atoms with Gasteiger partial charge in [-0.25, -0.2) is 0 Å². The number of benzene rings is 9. The fraction of sp³-hybridized carbons (Fsp3) is 0. The van der Waals surface area contributed by atoms with Crippen LogP contribution in [0.1, 0.15) is 0 Å². The minimum absolute atomic E-state index is 1.12. The van der Waals surface area contributed by atoms with Crippen LogP contribution < -0.4 is 9.80 Å². The fourth-order valence-electron chi connectivity index (χ4n) is 7.24. The van der Waals surface area contributed by atoms with E-state index in [1.165, 1.54) is 43.8 Å². The van der Waals surface area contributed by atoms with Crippen molar-refractivity contribution >= 4 is 55.7 Å². The summed E-state index contributed by atoms with van der Waals surface area (Å²) in [6.45, 7) is 0. The molecule has 9 aromatic rings. The van der Waals surface area contributed by atoms with E-state index in [2.05, 4.69) is 228 Å². The first-order valence-corrected chi connectivity index (χ1v) is 17.8. The molecule has 0 unspecified atom stereocenters. The van der Waals surface area contributed by atoms with Gasteiger partial charge in [-0.3, -0.25) is 0 Å². The largest absolute Gasteiger partial charge is 0.310 e. The minimum atomic E-state index is 1.12. The molecular formula is C50H36N2. The molecule has 246 valence electrons. The van der Waals surface area contributed by atoms with E-state index >= 15 is 0 Å². The molecule has 0 aliphatic rings. The van der Waals surface area contributed by atoms with Crippen molar-refractivity contribution in [2.45, 2.75) is 0 Å². The SMILES string of the molecule is c1ccc(-c2ccc(N(c3ccccc3)c3ccc4c(ccc5cc(N(c6ccccc6)c6ccc(-c7ccccc7)cc6)ccc54)c3)cc2)cc1. The molecule has 0 fully saturated rings. The van der Waals surface area contributed by atoms with Crippen LogP contribution >= 0.6 is 0 Å². The molecule has 0 aromatic heterocycles. The third kappa shape index (κ3) is 6.08. The molecule has 52 heavy (non-hydrogen) atoms. The highest BCUT2D eigenvalue weighted by molar-refractivity contribution is 6.09. The van der Waals surface area contributed by atoms with Crippen molar-refractivity contribution in [3.05, 3.63) is 218 Å². The number of fused-ring (bicyclic) bond motifs is 3. The summed E-state index contributed by atoms with van der Waals surface area (Å²) in [5.41, 5.74) is 11.6. The van der Waals surface area contributed by atoms with E-state index in [4.69, 9.17) is 0 Å². The Morgan fingerprint density at radius 1 is 0.212 bits per heavy atom. The third-order valence-corrected chi connectivity index (χ3v) is 9.81. The van der Waals surface area contributed by atoms with Gasteiger partial charge in [-0.2, -0.15) is 0 Å². The van der Waals surface area contributed by atoms with Crippen LogP contribution in [-0.2, 0) is 0 Å². The average molecular weight is 665 g/mol. The molecule has 0 saturated heterocycles. The normalized spacial score (nSPS) is 11.1. The second-order valence-corrected chi connectivity index (χ2v) is 13.0. The Hall–Kier alpha value is -6.90. The summed E-state index contributed by atoms with van der Waals surface area (Å²) in [5.74, 6) is 0. The van der Waals surface area contributed by atoms with Crippen molar-refractivity contribution < 1.29 is 0 Å². The highest BCUT2D eigenvalue weighted by Gasteiger charge is 2.16. The number of hydrogen-bond donors (Lipinski definition) is 0. The Labute approximate surface area is 305 Å². The first-order chi connectivity index (χ1) is 25.8. The Kier molecular flexibility index (Phi) is 8.24. The van der Waals surface area contributed by atoms with Gasteiger partial charge in [0.1, 0.15) is 0 Å². The molecule has 0 heterocycles. The van der Waals surface area contributed by atoms with Crippen molar-refractivity contribution in [2.24, 2.45) is 0 Å². The monoisotopic (exact) mass is 664 g/mol. The van der Waals surface area contributed by atoms with Crippen LogP contribution in [0.5, 0.6) is 0 Å². The van der Waals surface area contributed by atoms with Crippen LogP contribution in [0.15, 0.2) is 218 Å². The quantitative estimate of drug-likeness (QED) is 0.149. The summed E-state index contributed by atoms with van der Waals surface area (Å²) >= 11 is 0. The molecule has 9 rings (SSSR count). The molecule has 0 saturated carbocycles. The molecule has 2 nitrogen and oxygen atoms in total. The number of rotatable bonds is 8. The van der Waals surface area contributed by atoms with E-state index in [0.29, 0.717) is 0 Å². The summed E-state index contributed by atoms with van der Waals surface area (Å²) in [4.78, 5) is 4.67. The summed E-state index contributed by atoms with van der Waals surface area (Å²) < 4.78 is 0. The Morgan fingerprint density at radius 2 is 0.500 bits per heavy atom. The fourth-order valence-corrected chi connectivity index (χ4v) is 7.24.